The number of nitrogens with one attached hydrogen (secondary N) is 2. The highest BCUT2D eigenvalue weighted by Crippen LogP contribution is 2.29. The van der Waals surface area contributed by atoms with Crippen molar-refractivity contribution < 1.29 is 24.2 Å². The summed E-state index contributed by atoms with van der Waals surface area (Å²) in [5.41, 5.74) is -1.06. The molecule has 2 amide bonds. The molecule has 0 aromatic carbocycles. The molecule has 2 unspecified atom stereocenters. The largest absolute Gasteiger partial charge is 0.481 e. The van der Waals surface area contributed by atoms with Crippen molar-refractivity contribution in [3.63, 3.8) is 0 Å². The normalized spacial score (nSPS) is 28.3. The number of urea groups is 1. The zero-order valence-corrected chi connectivity index (χ0v) is 12.4. The molecule has 21 heavy (non-hydrogen) atoms. The summed E-state index contributed by atoms with van der Waals surface area (Å²) in [6.45, 7) is 3.88. The molecule has 7 heteroatoms. The van der Waals surface area contributed by atoms with Crippen LogP contribution in [0.4, 0.5) is 4.79 Å². The van der Waals surface area contributed by atoms with Crippen molar-refractivity contribution in [3.05, 3.63) is 0 Å². The van der Waals surface area contributed by atoms with Gasteiger partial charge in [0.25, 0.3) is 0 Å². The van der Waals surface area contributed by atoms with E-state index in [0.29, 0.717) is 13.2 Å². The fourth-order valence-corrected chi connectivity index (χ4v) is 2.20. The van der Waals surface area contributed by atoms with Gasteiger partial charge in [-0.15, -0.1) is 0 Å². The number of aliphatic carboxylic acids is 1. The summed E-state index contributed by atoms with van der Waals surface area (Å²) >= 11 is 0. The van der Waals surface area contributed by atoms with E-state index in [2.05, 4.69) is 10.6 Å². The van der Waals surface area contributed by atoms with Gasteiger partial charge >= 0.3 is 12.0 Å². The van der Waals surface area contributed by atoms with E-state index in [1.54, 1.807) is 6.92 Å². The molecule has 1 aliphatic carbocycles. The maximum absolute atomic E-state index is 11.7. The quantitative estimate of drug-likeness (QED) is 0.570. The van der Waals surface area contributed by atoms with Crippen molar-refractivity contribution in [2.24, 2.45) is 11.3 Å². The maximum atomic E-state index is 11.7. The molecule has 2 atom stereocenters. The van der Waals surface area contributed by atoms with Crippen molar-refractivity contribution >= 4 is 12.0 Å². The minimum atomic E-state index is -1.06. The fourth-order valence-electron chi connectivity index (χ4n) is 2.20. The van der Waals surface area contributed by atoms with Crippen LogP contribution in [0.1, 0.15) is 26.2 Å². The van der Waals surface area contributed by atoms with Gasteiger partial charge in [0, 0.05) is 19.8 Å². The van der Waals surface area contributed by atoms with Crippen molar-refractivity contribution in [3.8, 4) is 0 Å². The number of hydrogen-bond donors (Lipinski definition) is 3. The first kappa shape index (κ1) is 16.0. The van der Waals surface area contributed by atoms with Gasteiger partial charge in [-0.2, -0.15) is 0 Å². The summed E-state index contributed by atoms with van der Waals surface area (Å²) in [6.07, 6.45) is 3.29. The van der Waals surface area contributed by atoms with Crippen LogP contribution in [0.25, 0.3) is 0 Å². The standard InChI is InChI=1S/C14H24N2O5/c1-14(12(17)18)9-21-8-11(14)16-13(19)15-5-2-6-20-7-10-3-4-10/h10-11H,2-9H2,1H3,(H,17,18)(H2,15,16,19). The van der Waals surface area contributed by atoms with Gasteiger partial charge < -0.3 is 25.2 Å². The highest BCUT2D eigenvalue weighted by atomic mass is 16.5. The Morgan fingerprint density at radius 2 is 2.19 bits per heavy atom. The Morgan fingerprint density at radius 3 is 2.86 bits per heavy atom. The second-order valence-corrected chi connectivity index (χ2v) is 6.06. The smallest absolute Gasteiger partial charge is 0.315 e. The number of rotatable bonds is 8. The lowest BCUT2D eigenvalue weighted by atomic mass is 9.85. The molecule has 0 radical (unpaired) electrons. The lowest BCUT2D eigenvalue weighted by Crippen LogP contribution is -2.52. The summed E-state index contributed by atoms with van der Waals surface area (Å²) in [6, 6.07) is -0.874. The lowest BCUT2D eigenvalue weighted by molar-refractivity contribution is -0.148. The third kappa shape index (κ3) is 4.57. The Hall–Kier alpha value is -1.34. The molecule has 1 saturated carbocycles. The molecular weight excluding hydrogens is 276 g/mol. The van der Waals surface area contributed by atoms with Crippen molar-refractivity contribution in [2.45, 2.75) is 32.2 Å². The summed E-state index contributed by atoms with van der Waals surface area (Å²) < 4.78 is 10.6. The van der Waals surface area contributed by atoms with Gasteiger partial charge in [0.05, 0.1) is 19.3 Å². The zero-order chi connectivity index (χ0) is 15.3. The predicted molar refractivity (Wildman–Crippen MR) is 75.0 cm³/mol. The molecule has 7 nitrogen and oxygen atoms in total. The number of carbonyl (C=O) groups excluding carboxylic acids is 1. The molecule has 1 saturated heterocycles. The van der Waals surface area contributed by atoms with E-state index < -0.39 is 17.4 Å². The monoisotopic (exact) mass is 300 g/mol. The molecule has 0 aromatic heterocycles. The van der Waals surface area contributed by atoms with E-state index in [1.807, 2.05) is 0 Å². The molecule has 1 aliphatic heterocycles. The van der Waals surface area contributed by atoms with Gasteiger partial charge in [0.15, 0.2) is 0 Å². The van der Waals surface area contributed by atoms with E-state index in [4.69, 9.17) is 9.47 Å². The molecule has 3 N–H and O–H groups in total. The third-order valence-electron chi connectivity index (χ3n) is 4.05. The molecule has 2 fully saturated rings. The van der Waals surface area contributed by atoms with E-state index in [9.17, 15) is 14.7 Å². The summed E-state index contributed by atoms with van der Waals surface area (Å²) in [5, 5.41) is 14.6. The van der Waals surface area contributed by atoms with E-state index >= 15 is 0 Å². The molecule has 1 heterocycles. The van der Waals surface area contributed by atoms with Gasteiger partial charge in [-0.25, -0.2) is 4.79 Å². The SMILES string of the molecule is CC1(C(=O)O)COCC1NC(=O)NCCCOCC1CC1. The average molecular weight is 300 g/mol. The Kier molecular flexibility index (Phi) is 5.41. The Labute approximate surface area is 124 Å². The third-order valence-corrected chi connectivity index (χ3v) is 4.05. The maximum Gasteiger partial charge on any atom is 0.315 e. The minimum Gasteiger partial charge on any atom is -0.481 e. The van der Waals surface area contributed by atoms with Gasteiger partial charge in [0.2, 0.25) is 0 Å². The minimum absolute atomic E-state index is 0.113. The van der Waals surface area contributed by atoms with Crippen LogP contribution in [0.15, 0.2) is 0 Å². The van der Waals surface area contributed by atoms with Crippen molar-refractivity contribution in [1.82, 2.24) is 10.6 Å². The second kappa shape index (κ2) is 7.09. The van der Waals surface area contributed by atoms with Gasteiger partial charge in [-0.3, -0.25) is 4.79 Å². The number of carboxylic acid groups (broad SMARTS) is 1. The second-order valence-electron chi connectivity index (χ2n) is 6.06. The number of hydrogen-bond acceptors (Lipinski definition) is 4. The van der Waals surface area contributed by atoms with E-state index in [1.165, 1.54) is 12.8 Å². The Morgan fingerprint density at radius 1 is 1.43 bits per heavy atom. The Balaban J connectivity index is 1.58. The van der Waals surface area contributed by atoms with Crippen LogP contribution in [0.5, 0.6) is 0 Å². The van der Waals surface area contributed by atoms with Crippen LogP contribution in [-0.2, 0) is 14.3 Å². The molecule has 0 spiro atoms. The van der Waals surface area contributed by atoms with E-state index in [-0.39, 0.29) is 19.2 Å². The van der Waals surface area contributed by atoms with Crippen LogP contribution < -0.4 is 10.6 Å². The lowest BCUT2D eigenvalue weighted by Gasteiger charge is -2.25. The van der Waals surface area contributed by atoms with Crippen LogP contribution in [0, 0.1) is 11.3 Å². The first-order valence-electron chi connectivity index (χ1n) is 7.45. The molecule has 0 bridgehead atoms. The first-order chi connectivity index (χ1) is 10.0. The number of amides is 2. The molecule has 2 rings (SSSR count). The highest BCUT2D eigenvalue weighted by molar-refractivity contribution is 5.79. The molecule has 0 aromatic rings. The van der Waals surface area contributed by atoms with Crippen LogP contribution >= 0.6 is 0 Å². The molecule has 2 aliphatic rings. The van der Waals surface area contributed by atoms with E-state index in [0.717, 1.165) is 18.9 Å². The van der Waals surface area contributed by atoms with Crippen molar-refractivity contribution in [1.29, 1.82) is 0 Å². The first-order valence-corrected chi connectivity index (χ1v) is 7.45. The number of carbonyl (C=O) groups is 2. The van der Waals surface area contributed by atoms with Gasteiger partial charge in [-0.1, -0.05) is 0 Å². The number of carboxylic acids is 1. The molecule has 120 valence electrons. The topological polar surface area (TPSA) is 96.9 Å². The molecular formula is C14H24N2O5. The summed E-state index contributed by atoms with van der Waals surface area (Å²) in [4.78, 5) is 23.0. The average Bonchev–Trinajstić information content (AvgIpc) is 3.18. The van der Waals surface area contributed by atoms with Crippen LogP contribution in [0.2, 0.25) is 0 Å². The van der Waals surface area contributed by atoms with Gasteiger partial charge in [0.1, 0.15) is 5.41 Å². The predicted octanol–water partition coefficient (Wildman–Crippen LogP) is 0.592. The Bertz CT molecular complexity index is 386. The van der Waals surface area contributed by atoms with Crippen LogP contribution in [0.3, 0.4) is 0 Å². The van der Waals surface area contributed by atoms with Gasteiger partial charge in [-0.05, 0) is 32.1 Å². The number of ether oxygens (including phenoxy) is 2. The zero-order valence-electron chi connectivity index (χ0n) is 12.4. The summed E-state index contributed by atoms with van der Waals surface area (Å²) in [7, 11) is 0. The fraction of sp³-hybridized carbons (Fsp3) is 0.857. The van der Waals surface area contributed by atoms with Crippen LogP contribution in [-0.4, -0.2) is 56.1 Å². The van der Waals surface area contributed by atoms with Crippen molar-refractivity contribution in [2.75, 3.05) is 33.0 Å². The highest BCUT2D eigenvalue weighted by Gasteiger charge is 2.47. The summed E-state index contributed by atoms with van der Waals surface area (Å²) in [5.74, 6) is -0.212.